The maximum atomic E-state index is 12.5. The van der Waals surface area contributed by atoms with E-state index in [0.717, 1.165) is 51.0 Å². The van der Waals surface area contributed by atoms with Gasteiger partial charge in [-0.2, -0.15) is 0 Å². The molecule has 0 unspecified atom stereocenters. The van der Waals surface area contributed by atoms with Gasteiger partial charge in [-0.05, 0) is 30.2 Å². The highest BCUT2D eigenvalue weighted by molar-refractivity contribution is 9.10. The van der Waals surface area contributed by atoms with Crippen LogP contribution in [0, 0.1) is 0 Å². The zero-order valence-corrected chi connectivity index (χ0v) is 14.7. The summed E-state index contributed by atoms with van der Waals surface area (Å²) in [6, 6.07) is 4.88. The topological polar surface area (TPSA) is 24.5 Å². The molecule has 1 N–H and O–H groups in total. The Balaban J connectivity index is 2.25. The van der Waals surface area contributed by atoms with Gasteiger partial charge in [0.05, 0.1) is 0 Å². The third-order valence-corrected chi connectivity index (χ3v) is 4.39. The summed E-state index contributed by atoms with van der Waals surface area (Å²) in [4.78, 5) is 2.34. The Bertz CT molecular complexity index is 505. The van der Waals surface area contributed by atoms with E-state index in [1.54, 1.807) is 0 Å². The smallest absolute Gasteiger partial charge is 0.406 e. The molecule has 0 aromatic heterocycles. The van der Waals surface area contributed by atoms with Gasteiger partial charge >= 0.3 is 6.36 Å². The summed E-state index contributed by atoms with van der Waals surface area (Å²) in [5.41, 5.74) is 0.869. The highest BCUT2D eigenvalue weighted by Crippen LogP contribution is 2.34. The fraction of sp³-hybridized carbons (Fsp3) is 0.625. The average molecular weight is 395 g/mol. The first-order valence-electron chi connectivity index (χ1n) is 7.90. The van der Waals surface area contributed by atoms with E-state index in [4.69, 9.17) is 0 Å². The third kappa shape index (κ3) is 5.97. The Morgan fingerprint density at radius 2 is 1.96 bits per heavy atom. The molecule has 1 aliphatic heterocycles. The number of hydrogen-bond donors (Lipinski definition) is 1. The molecular formula is C16H22BrF3N2O. The molecule has 0 aliphatic carbocycles. The number of halogens is 4. The highest BCUT2D eigenvalue weighted by atomic mass is 79.9. The number of rotatable bonds is 6. The molecule has 1 fully saturated rings. The van der Waals surface area contributed by atoms with Gasteiger partial charge in [-0.3, -0.25) is 4.90 Å². The van der Waals surface area contributed by atoms with Crippen LogP contribution in [0.15, 0.2) is 22.7 Å². The predicted octanol–water partition coefficient (Wildman–Crippen LogP) is 4.48. The summed E-state index contributed by atoms with van der Waals surface area (Å²) in [7, 11) is 0. The zero-order valence-electron chi connectivity index (χ0n) is 13.1. The molecule has 1 heterocycles. The number of piperazine rings is 1. The maximum absolute atomic E-state index is 12.5. The van der Waals surface area contributed by atoms with E-state index in [0.29, 0.717) is 4.47 Å². The Morgan fingerprint density at radius 3 is 2.57 bits per heavy atom. The molecule has 1 atom stereocenters. The van der Waals surface area contributed by atoms with Gasteiger partial charge in [0, 0.05) is 36.7 Å². The minimum Gasteiger partial charge on any atom is -0.406 e. The SMILES string of the molecule is CCCC[C@H](c1cc(Br)cc(OC(F)(F)F)c1)N1CCNCC1. The maximum Gasteiger partial charge on any atom is 0.573 e. The second kappa shape index (κ2) is 8.35. The monoisotopic (exact) mass is 394 g/mol. The van der Waals surface area contributed by atoms with Gasteiger partial charge in [0.1, 0.15) is 5.75 Å². The van der Waals surface area contributed by atoms with Crippen molar-refractivity contribution in [2.24, 2.45) is 0 Å². The van der Waals surface area contributed by atoms with Crippen LogP contribution in [-0.4, -0.2) is 37.4 Å². The van der Waals surface area contributed by atoms with Crippen LogP contribution in [-0.2, 0) is 0 Å². The van der Waals surface area contributed by atoms with E-state index in [2.05, 4.69) is 37.8 Å². The molecule has 2 rings (SSSR count). The number of alkyl halides is 3. The first kappa shape index (κ1) is 18.5. The van der Waals surface area contributed by atoms with Gasteiger partial charge in [0.2, 0.25) is 0 Å². The van der Waals surface area contributed by atoms with Crippen molar-refractivity contribution in [3.05, 3.63) is 28.2 Å². The first-order valence-corrected chi connectivity index (χ1v) is 8.69. The standard InChI is InChI=1S/C16H22BrF3N2O/c1-2-3-4-15(22-7-5-21-6-8-22)12-9-13(17)11-14(10-12)23-16(18,19)20/h9-11,15,21H,2-8H2,1H3/t15-/m1/s1. The summed E-state index contributed by atoms with van der Waals surface area (Å²) in [5, 5.41) is 3.31. The van der Waals surface area contributed by atoms with Crippen molar-refractivity contribution >= 4 is 15.9 Å². The quantitative estimate of drug-likeness (QED) is 0.769. The van der Waals surface area contributed by atoms with Gasteiger partial charge < -0.3 is 10.1 Å². The summed E-state index contributed by atoms with van der Waals surface area (Å²) in [6.07, 6.45) is -1.65. The predicted molar refractivity (Wildman–Crippen MR) is 87.5 cm³/mol. The van der Waals surface area contributed by atoms with E-state index < -0.39 is 6.36 Å². The average Bonchev–Trinajstić information content (AvgIpc) is 2.46. The van der Waals surface area contributed by atoms with E-state index >= 15 is 0 Å². The lowest BCUT2D eigenvalue weighted by atomic mass is 9.98. The number of nitrogens with zero attached hydrogens (tertiary/aromatic N) is 1. The Kier molecular flexibility index (Phi) is 6.73. The molecule has 23 heavy (non-hydrogen) atoms. The molecule has 1 aromatic rings. The Morgan fingerprint density at radius 1 is 1.26 bits per heavy atom. The van der Waals surface area contributed by atoms with Crippen molar-refractivity contribution in [1.29, 1.82) is 0 Å². The summed E-state index contributed by atoms with van der Waals surface area (Å²) in [5.74, 6) is -0.168. The molecule has 1 saturated heterocycles. The molecule has 0 bridgehead atoms. The van der Waals surface area contributed by atoms with E-state index in [9.17, 15) is 13.2 Å². The lowest BCUT2D eigenvalue weighted by Crippen LogP contribution is -2.45. The molecule has 1 aromatic carbocycles. The van der Waals surface area contributed by atoms with Crippen molar-refractivity contribution in [2.45, 2.75) is 38.6 Å². The van der Waals surface area contributed by atoms with Crippen LogP contribution in [0.2, 0.25) is 0 Å². The summed E-state index contributed by atoms with van der Waals surface area (Å²) >= 11 is 3.30. The van der Waals surface area contributed by atoms with Crippen molar-refractivity contribution in [3.8, 4) is 5.75 Å². The molecular weight excluding hydrogens is 373 g/mol. The molecule has 0 amide bonds. The molecule has 130 valence electrons. The number of ether oxygens (including phenoxy) is 1. The molecule has 0 spiro atoms. The van der Waals surface area contributed by atoms with Gasteiger partial charge in [-0.15, -0.1) is 13.2 Å². The second-order valence-corrected chi connectivity index (χ2v) is 6.63. The normalized spacial score (nSPS) is 18.0. The van der Waals surface area contributed by atoms with Crippen LogP contribution in [0.1, 0.15) is 37.8 Å². The van der Waals surface area contributed by atoms with Crippen molar-refractivity contribution in [3.63, 3.8) is 0 Å². The lowest BCUT2D eigenvalue weighted by molar-refractivity contribution is -0.274. The van der Waals surface area contributed by atoms with Crippen LogP contribution >= 0.6 is 15.9 Å². The van der Waals surface area contributed by atoms with Crippen molar-refractivity contribution in [1.82, 2.24) is 10.2 Å². The molecule has 0 radical (unpaired) electrons. The number of unbranched alkanes of at least 4 members (excludes halogenated alkanes) is 1. The zero-order chi connectivity index (χ0) is 16.9. The van der Waals surface area contributed by atoms with Gasteiger partial charge in [0.15, 0.2) is 0 Å². The highest BCUT2D eigenvalue weighted by Gasteiger charge is 2.32. The van der Waals surface area contributed by atoms with Crippen LogP contribution in [0.4, 0.5) is 13.2 Å². The minimum atomic E-state index is -4.67. The Hall–Kier alpha value is -0.790. The van der Waals surface area contributed by atoms with Gasteiger partial charge in [0.25, 0.3) is 0 Å². The fourth-order valence-corrected chi connectivity index (χ4v) is 3.41. The van der Waals surface area contributed by atoms with E-state index in [1.165, 1.54) is 12.1 Å². The Labute approximate surface area is 143 Å². The number of hydrogen-bond acceptors (Lipinski definition) is 3. The van der Waals surface area contributed by atoms with Crippen molar-refractivity contribution < 1.29 is 17.9 Å². The fourth-order valence-electron chi connectivity index (χ4n) is 2.92. The number of nitrogens with one attached hydrogen (secondary N) is 1. The van der Waals surface area contributed by atoms with E-state index in [-0.39, 0.29) is 11.8 Å². The van der Waals surface area contributed by atoms with Crippen LogP contribution in [0.25, 0.3) is 0 Å². The second-order valence-electron chi connectivity index (χ2n) is 5.71. The lowest BCUT2D eigenvalue weighted by Gasteiger charge is -2.35. The van der Waals surface area contributed by atoms with Crippen molar-refractivity contribution in [2.75, 3.05) is 26.2 Å². The van der Waals surface area contributed by atoms with Crippen LogP contribution < -0.4 is 10.1 Å². The number of benzene rings is 1. The molecule has 7 heteroatoms. The summed E-state index contributed by atoms with van der Waals surface area (Å²) in [6.45, 7) is 5.73. The van der Waals surface area contributed by atoms with E-state index in [1.807, 2.05) is 6.07 Å². The summed E-state index contributed by atoms with van der Waals surface area (Å²) < 4.78 is 42.2. The molecule has 0 saturated carbocycles. The van der Waals surface area contributed by atoms with Crippen LogP contribution in [0.3, 0.4) is 0 Å². The minimum absolute atomic E-state index is 0.116. The largest absolute Gasteiger partial charge is 0.573 e. The molecule has 3 nitrogen and oxygen atoms in total. The van der Waals surface area contributed by atoms with Crippen LogP contribution in [0.5, 0.6) is 5.75 Å². The third-order valence-electron chi connectivity index (χ3n) is 3.94. The first-order chi connectivity index (χ1) is 10.9. The van der Waals surface area contributed by atoms with Gasteiger partial charge in [-0.1, -0.05) is 35.7 Å². The molecule has 1 aliphatic rings. The van der Waals surface area contributed by atoms with Gasteiger partial charge in [-0.25, -0.2) is 0 Å².